The molecule has 1 aliphatic heterocycles. The van der Waals surface area contributed by atoms with Gasteiger partial charge in [-0.05, 0) is 37.1 Å². The molecule has 0 radical (unpaired) electrons. The first-order chi connectivity index (χ1) is 12.3. The van der Waals surface area contributed by atoms with Crippen molar-refractivity contribution in [3.8, 4) is 5.75 Å². The normalized spacial score (nSPS) is 18.2. The number of likely N-dealkylation sites (N-methyl/N-ethyl adjacent to an activating group) is 1. The zero-order valence-corrected chi connectivity index (χ0v) is 16.1. The van der Waals surface area contributed by atoms with Crippen molar-refractivity contribution >= 4 is 21.8 Å². The van der Waals surface area contributed by atoms with Gasteiger partial charge in [-0.3, -0.25) is 9.59 Å². The number of rotatable bonds is 6. The lowest BCUT2D eigenvalue weighted by Crippen LogP contribution is -2.47. The lowest BCUT2D eigenvalue weighted by molar-refractivity contribution is -0.132. The maximum Gasteiger partial charge on any atom is 0.243 e. The van der Waals surface area contributed by atoms with E-state index in [1.165, 1.54) is 28.4 Å². The van der Waals surface area contributed by atoms with E-state index in [2.05, 4.69) is 5.32 Å². The summed E-state index contributed by atoms with van der Waals surface area (Å²) in [5.41, 5.74) is 0. The SMILES string of the molecule is COc1ccc(S(=O)(=O)N2CCC[C@@H](C(=O)NCC(=O)N(C)C)C2)cc1. The van der Waals surface area contributed by atoms with Crippen molar-refractivity contribution in [2.45, 2.75) is 17.7 Å². The number of methoxy groups -OCH3 is 1. The quantitative estimate of drug-likeness (QED) is 0.762. The minimum Gasteiger partial charge on any atom is -0.497 e. The summed E-state index contributed by atoms with van der Waals surface area (Å²) in [5.74, 6) is -0.399. The smallest absolute Gasteiger partial charge is 0.243 e. The molecule has 0 spiro atoms. The fraction of sp³-hybridized carbons (Fsp3) is 0.529. The molecule has 1 atom stereocenters. The fourth-order valence-corrected chi connectivity index (χ4v) is 4.26. The summed E-state index contributed by atoms with van der Waals surface area (Å²) in [4.78, 5) is 25.4. The van der Waals surface area contributed by atoms with Crippen molar-refractivity contribution in [3.05, 3.63) is 24.3 Å². The summed E-state index contributed by atoms with van der Waals surface area (Å²) < 4.78 is 32.0. The highest BCUT2D eigenvalue weighted by molar-refractivity contribution is 7.89. The third-order valence-electron chi connectivity index (χ3n) is 4.36. The lowest BCUT2D eigenvalue weighted by Gasteiger charge is -2.31. The molecule has 26 heavy (non-hydrogen) atoms. The van der Waals surface area contributed by atoms with Gasteiger partial charge in [-0.15, -0.1) is 0 Å². The van der Waals surface area contributed by atoms with Gasteiger partial charge in [0.15, 0.2) is 0 Å². The summed E-state index contributed by atoms with van der Waals surface area (Å²) in [6.07, 6.45) is 1.19. The number of piperidine rings is 1. The number of sulfonamides is 1. The molecular weight excluding hydrogens is 358 g/mol. The van der Waals surface area contributed by atoms with Crippen molar-refractivity contribution in [1.29, 1.82) is 0 Å². The average molecular weight is 383 g/mol. The van der Waals surface area contributed by atoms with Crippen molar-refractivity contribution in [1.82, 2.24) is 14.5 Å². The molecule has 9 heteroatoms. The van der Waals surface area contributed by atoms with Crippen molar-refractivity contribution < 1.29 is 22.7 Å². The molecular formula is C17H25N3O5S. The topological polar surface area (TPSA) is 96.0 Å². The molecule has 8 nitrogen and oxygen atoms in total. The van der Waals surface area contributed by atoms with E-state index < -0.39 is 15.9 Å². The Bertz CT molecular complexity index is 746. The molecule has 1 fully saturated rings. The van der Waals surface area contributed by atoms with E-state index in [0.717, 1.165) is 0 Å². The highest BCUT2D eigenvalue weighted by Crippen LogP contribution is 2.25. The molecule has 1 heterocycles. The van der Waals surface area contributed by atoms with Crippen LogP contribution in [0.15, 0.2) is 29.2 Å². The van der Waals surface area contributed by atoms with Gasteiger partial charge in [0.25, 0.3) is 0 Å². The average Bonchev–Trinajstić information content (AvgIpc) is 2.65. The minimum atomic E-state index is -3.68. The summed E-state index contributed by atoms with van der Waals surface area (Å²) >= 11 is 0. The van der Waals surface area contributed by atoms with Gasteiger partial charge in [0.2, 0.25) is 21.8 Å². The first-order valence-corrected chi connectivity index (χ1v) is 9.81. The standard InChI is InChI=1S/C17H25N3O5S/c1-19(2)16(21)11-18-17(22)13-5-4-10-20(12-13)26(23,24)15-8-6-14(25-3)7-9-15/h6-9,13H,4-5,10-12H2,1-3H3,(H,18,22)/t13-/m1/s1. The van der Waals surface area contributed by atoms with Crippen LogP contribution in [-0.2, 0) is 19.6 Å². The summed E-state index contributed by atoms with van der Waals surface area (Å²) in [6.45, 7) is 0.388. The molecule has 2 rings (SSSR count). The number of carbonyl (C=O) groups is 2. The molecule has 1 aliphatic rings. The van der Waals surface area contributed by atoms with Crippen LogP contribution in [0.5, 0.6) is 5.75 Å². The molecule has 1 aromatic rings. The van der Waals surface area contributed by atoms with Crippen LogP contribution in [0.2, 0.25) is 0 Å². The third kappa shape index (κ3) is 4.73. The van der Waals surface area contributed by atoms with E-state index in [4.69, 9.17) is 4.74 Å². The van der Waals surface area contributed by atoms with Crippen LogP contribution in [0.1, 0.15) is 12.8 Å². The van der Waals surface area contributed by atoms with Gasteiger partial charge in [-0.2, -0.15) is 4.31 Å². The number of ether oxygens (including phenoxy) is 1. The monoisotopic (exact) mass is 383 g/mol. The molecule has 144 valence electrons. The first-order valence-electron chi connectivity index (χ1n) is 8.37. The predicted molar refractivity (Wildman–Crippen MR) is 96.2 cm³/mol. The van der Waals surface area contributed by atoms with Gasteiger partial charge in [0, 0.05) is 27.2 Å². The fourth-order valence-electron chi connectivity index (χ4n) is 2.74. The second-order valence-electron chi connectivity index (χ2n) is 6.38. The number of carbonyl (C=O) groups excluding carboxylic acids is 2. The largest absolute Gasteiger partial charge is 0.497 e. The highest BCUT2D eigenvalue weighted by Gasteiger charge is 2.33. The molecule has 0 unspecified atom stereocenters. The molecule has 0 saturated carbocycles. The Labute approximate surface area is 154 Å². The van der Waals surface area contributed by atoms with E-state index in [9.17, 15) is 18.0 Å². The van der Waals surface area contributed by atoms with Crippen LogP contribution >= 0.6 is 0 Å². The van der Waals surface area contributed by atoms with Crippen LogP contribution in [0.25, 0.3) is 0 Å². The number of hydrogen-bond acceptors (Lipinski definition) is 5. The number of benzene rings is 1. The Balaban J connectivity index is 2.04. The lowest BCUT2D eigenvalue weighted by atomic mass is 9.99. The van der Waals surface area contributed by atoms with E-state index in [1.54, 1.807) is 26.2 Å². The van der Waals surface area contributed by atoms with E-state index in [1.807, 2.05) is 0 Å². The van der Waals surface area contributed by atoms with Gasteiger partial charge in [-0.1, -0.05) is 0 Å². The van der Waals surface area contributed by atoms with Crippen LogP contribution in [0.3, 0.4) is 0 Å². The second kappa shape index (κ2) is 8.50. The summed E-state index contributed by atoms with van der Waals surface area (Å²) in [6, 6.07) is 6.17. The molecule has 0 aromatic heterocycles. The highest BCUT2D eigenvalue weighted by atomic mass is 32.2. The van der Waals surface area contributed by atoms with Crippen LogP contribution < -0.4 is 10.1 Å². The van der Waals surface area contributed by atoms with Crippen LogP contribution in [0, 0.1) is 5.92 Å². The Morgan fingerprint density at radius 3 is 2.50 bits per heavy atom. The van der Waals surface area contributed by atoms with E-state index in [0.29, 0.717) is 25.1 Å². The maximum absolute atomic E-state index is 12.8. The Morgan fingerprint density at radius 2 is 1.92 bits per heavy atom. The number of amides is 2. The van der Waals surface area contributed by atoms with Crippen LogP contribution in [-0.4, -0.2) is 70.3 Å². The minimum absolute atomic E-state index is 0.0897. The van der Waals surface area contributed by atoms with E-state index in [-0.39, 0.29) is 29.8 Å². The molecule has 0 aliphatic carbocycles. The predicted octanol–water partition coefficient (Wildman–Crippen LogP) is 0.300. The van der Waals surface area contributed by atoms with Gasteiger partial charge < -0.3 is 15.0 Å². The number of nitrogens with one attached hydrogen (secondary N) is 1. The van der Waals surface area contributed by atoms with Crippen molar-refractivity contribution in [3.63, 3.8) is 0 Å². The molecule has 1 N–H and O–H groups in total. The molecule has 2 amide bonds. The van der Waals surface area contributed by atoms with Crippen molar-refractivity contribution in [2.75, 3.05) is 40.8 Å². The first kappa shape index (κ1) is 20.2. The Morgan fingerprint density at radius 1 is 1.27 bits per heavy atom. The molecule has 1 saturated heterocycles. The molecule has 0 bridgehead atoms. The van der Waals surface area contributed by atoms with Crippen molar-refractivity contribution in [2.24, 2.45) is 5.92 Å². The number of nitrogens with zero attached hydrogens (tertiary/aromatic N) is 2. The van der Waals surface area contributed by atoms with Gasteiger partial charge in [-0.25, -0.2) is 8.42 Å². The molecule has 1 aromatic carbocycles. The van der Waals surface area contributed by atoms with Gasteiger partial charge in [0.1, 0.15) is 5.75 Å². The summed E-state index contributed by atoms with van der Waals surface area (Å²) in [5, 5.41) is 2.59. The van der Waals surface area contributed by atoms with E-state index >= 15 is 0 Å². The number of hydrogen-bond donors (Lipinski definition) is 1. The maximum atomic E-state index is 12.8. The third-order valence-corrected chi connectivity index (χ3v) is 6.24. The van der Waals surface area contributed by atoms with Crippen LogP contribution in [0.4, 0.5) is 0 Å². The van der Waals surface area contributed by atoms with Gasteiger partial charge in [0.05, 0.1) is 24.5 Å². The Hall–Kier alpha value is -2.13. The zero-order valence-electron chi connectivity index (χ0n) is 15.3. The zero-order chi connectivity index (χ0) is 19.3. The Kier molecular flexibility index (Phi) is 6.60. The summed E-state index contributed by atoms with van der Waals surface area (Å²) in [7, 11) is 1.06. The van der Waals surface area contributed by atoms with Gasteiger partial charge >= 0.3 is 0 Å². The second-order valence-corrected chi connectivity index (χ2v) is 8.32.